The first-order chi connectivity index (χ1) is 16.5. The van der Waals surface area contributed by atoms with Crippen LogP contribution in [0.3, 0.4) is 0 Å². The Morgan fingerprint density at radius 1 is 1.06 bits per heavy atom. The summed E-state index contributed by atoms with van der Waals surface area (Å²) < 4.78 is 1.73. The Hall–Kier alpha value is -3.22. The lowest BCUT2D eigenvalue weighted by atomic mass is 10.0. The van der Waals surface area contributed by atoms with E-state index in [1.807, 2.05) is 50.2 Å². The number of hydrogen-bond donors (Lipinski definition) is 1. The number of rotatable bonds is 5. The van der Waals surface area contributed by atoms with Crippen LogP contribution in [0.1, 0.15) is 40.2 Å². The van der Waals surface area contributed by atoms with Crippen LogP contribution in [-0.2, 0) is 6.54 Å². The van der Waals surface area contributed by atoms with Crippen LogP contribution < -0.4 is 5.32 Å². The largest absolute Gasteiger partial charge is 0.349 e. The summed E-state index contributed by atoms with van der Waals surface area (Å²) in [5, 5.41) is 9.31. The number of aryl methyl sites for hydroxylation is 2. The molecule has 2 aromatic heterocycles. The van der Waals surface area contributed by atoms with Gasteiger partial charge >= 0.3 is 0 Å². The molecule has 0 atom stereocenters. The van der Waals surface area contributed by atoms with Crippen molar-refractivity contribution in [3.63, 3.8) is 0 Å². The van der Waals surface area contributed by atoms with E-state index in [0.29, 0.717) is 16.2 Å². The molecule has 1 aliphatic heterocycles. The van der Waals surface area contributed by atoms with E-state index in [-0.39, 0.29) is 11.9 Å². The summed E-state index contributed by atoms with van der Waals surface area (Å²) in [5.74, 6) is -0.0705. The lowest BCUT2D eigenvalue weighted by Gasteiger charge is -2.32. The minimum atomic E-state index is -0.0705. The number of carbonyl (C=O) groups is 1. The van der Waals surface area contributed by atoms with E-state index in [0.717, 1.165) is 54.9 Å². The second-order valence-corrected chi connectivity index (χ2v) is 9.38. The average Bonchev–Trinajstić information content (AvgIpc) is 3.16. The fourth-order valence-electron chi connectivity index (χ4n) is 4.72. The standard InChI is InChI=1S/C27H28ClN5O/c1-18-16-22(25-19(2)31-33(26(25)29-18)24-11-7-6-10-23(24)28)27(34)30-21-12-14-32(15-13-21)17-20-8-4-3-5-9-20/h3-11,16,21H,12-15,17H2,1-2H3,(H,30,34). The third kappa shape index (κ3) is 4.56. The van der Waals surface area contributed by atoms with Gasteiger partial charge in [0.2, 0.25) is 0 Å². The molecule has 34 heavy (non-hydrogen) atoms. The van der Waals surface area contributed by atoms with Gasteiger partial charge in [-0.05, 0) is 50.5 Å². The lowest BCUT2D eigenvalue weighted by Crippen LogP contribution is -2.44. The van der Waals surface area contributed by atoms with E-state index in [1.54, 1.807) is 4.68 Å². The van der Waals surface area contributed by atoms with Crippen molar-refractivity contribution in [1.82, 2.24) is 25.0 Å². The highest BCUT2D eigenvalue weighted by Gasteiger charge is 2.24. The van der Waals surface area contributed by atoms with Gasteiger partial charge in [-0.1, -0.05) is 54.1 Å². The van der Waals surface area contributed by atoms with Crippen LogP contribution in [-0.4, -0.2) is 44.7 Å². The summed E-state index contributed by atoms with van der Waals surface area (Å²) in [6.07, 6.45) is 1.87. The van der Waals surface area contributed by atoms with Crippen molar-refractivity contribution in [2.24, 2.45) is 0 Å². The first-order valence-electron chi connectivity index (χ1n) is 11.7. The fourth-order valence-corrected chi connectivity index (χ4v) is 4.94. The molecule has 6 nitrogen and oxygen atoms in total. The van der Waals surface area contributed by atoms with Crippen molar-refractivity contribution in [3.05, 3.63) is 88.2 Å². The molecule has 1 aliphatic rings. The third-order valence-corrected chi connectivity index (χ3v) is 6.76. The highest BCUT2D eigenvalue weighted by Crippen LogP contribution is 2.28. The zero-order chi connectivity index (χ0) is 23.7. The van der Waals surface area contributed by atoms with Crippen molar-refractivity contribution in [2.45, 2.75) is 39.3 Å². The molecule has 1 saturated heterocycles. The molecule has 0 unspecified atom stereocenters. The lowest BCUT2D eigenvalue weighted by molar-refractivity contribution is 0.0910. The number of para-hydroxylation sites is 1. The minimum absolute atomic E-state index is 0.0705. The van der Waals surface area contributed by atoms with Crippen molar-refractivity contribution >= 4 is 28.5 Å². The predicted molar refractivity (Wildman–Crippen MR) is 136 cm³/mol. The fraction of sp³-hybridized carbons (Fsp3) is 0.296. The Morgan fingerprint density at radius 2 is 1.76 bits per heavy atom. The number of fused-ring (bicyclic) bond motifs is 1. The molecule has 0 bridgehead atoms. The minimum Gasteiger partial charge on any atom is -0.349 e. The number of aromatic nitrogens is 3. The van der Waals surface area contributed by atoms with Gasteiger partial charge in [-0.3, -0.25) is 9.69 Å². The van der Waals surface area contributed by atoms with Gasteiger partial charge in [0.05, 0.1) is 27.4 Å². The molecule has 5 rings (SSSR count). The zero-order valence-electron chi connectivity index (χ0n) is 19.5. The molecular formula is C27H28ClN5O. The Balaban J connectivity index is 1.34. The van der Waals surface area contributed by atoms with E-state index in [4.69, 9.17) is 16.6 Å². The topological polar surface area (TPSA) is 63.1 Å². The summed E-state index contributed by atoms with van der Waals surface area (Å²) in [6, 6.07) is 20.1. The summed E-state index contributed by atoms with van der Waals surface area (Å²) in [7, 11) is 0. The van der Waals surface area contributed by atoms with Crippen LogP contribution in [0.5, 0.6) is 0 Å². The smallest absolute Gasteiger partial charge is 0.252 e. The number of benzene rings is 2. The summed E-state index contributed by atoms with van der Waals surface area (Å²) in [4.78, 5) is 20.6. The normalized spacial score (nSPS) is 15.0. The highest BCUT2D eigenvalue weighted by molar-refractivity contribution is 6.32. The molecule has 0 saturated carbocycles. The molecule has 1 fully saturated rings. The molecular weight excluding hydrogens is 446 g/mol. The number of nitrogens with zero attached hydrogens (tertiary/aromatic N) is 4. The Bertz CT molecular complexity index is 1330. The number of pyridine rings is 1. The van der Waals surface area contributed by atoms with Gasteiger partial charge < -0.3 is 5.32 Å². The molecule has 174 valence electrons. The predicted octanol–water partition coefficient (Wildman–Crippen LogP) is 5.09. The first-order valence-corrected chi connectivity index (χ1v) is 12.1. The number of amides is 1. The molecule has 1 amide bonds. The highest BCUT2D eigenvalue weighted by atomic mass is 35.5. The maximum atomic E-state index is 13.4. The Morgan fingerprint density at radius 3 is 2.50 bits per heavy atom. The SMILES string of the molecule is Cc1cc(C(=O)NC2CCN(Cc3ccccc3)CC2)c2c(C)nn(-c3ccccc3Cl)c2n1. The van der Waals surface area contributed by atoms with Gasteiger partial charge in [-0.15, -0.1) is 0 Å². The maximum Gasteiger partial charge on any atom is 0.252 e. The number of likely N-dealkylation sites (tertiary alicyclic amines) is 1. The number of nitrogens with one attached hydrogen (secondary N) is 1. The van der Waals surface area contributed by atoms with E-state index >= 15 is 0 Å². The van der Waals surface area contributed by atoms with E-state index in [9.17, 15) is 4.79 Å². The van der Waals surface area contributed by atoms with Gasteiger partial charge in [-0.2, -0.15) is 5.10 Å². The van der Waals surface area contributed by atoms with Crippen LogP contribution >= 0.6 is 11.6 Å². The van der Waals surface area contributed by atoms with Crippen molar-refractivity contribution in [2.75, 3.05) is 13.1 Å². The molecule has 2 aromatic carbocycles. The number of hydrogen-bond acceptors (Lipinski definition) is 4. The van der Waals surface area contributed by atoms with Crippen molar-refractivity contribution < 1.29 is 4.79 Å². The summed E-state index contributed by atoms with van der Waals surface area (Å²) >= 11 is 6.43. The third-order valence-electron chi connectivity index (χ3n) is 6.44. The summed E-state index contributed by atoms with van der Waals surface area (Å²) in [5.41, 5.74) is 4.86. The van der Waals surface area contributed by atoms with Crippen LogP contribution in [0.4, 0.5) is 0 Å². The molecule has 0 aliphatic carbocycles. The van der Waals surface area contributed by atoms with Gasteiger partial charge in [0.25, 0.3) is 5.91 Å². The number of halogens is 1. The van der Waals surface area contributed by atoms with Crippen molar-refractivity contribution in [3.8, 4) is 5.69 Å². The monoisotopic (exact) mass is 473 g/mol. The molecule has 0 spiro atoms. The van der Waals surface area contributed by atoms with Gasteiger partial charge in [-0.25, -0.2) is 9.67 Å². The summed E-state index contributed by atoms with van der Waals surface area (Å²) in [6.45, 7) is 6.69. The van der Waals surface area contributed by atoms with Crippen molar-refractivity contribution in [1.29, 1.82) is 0 Å². The zero-order valence-corrected chi connectivity index (χ0v) is 20.2. The molecule has 7 heteroatoms. The van der Waals surface area contributed by atoms with Crippen LogP contribution in [0, 0.1) is 13.8 Å². The van der Waals surface area contributed by atoms with Crippen LogP contribution in [0.25, 0.3) is 16.7 Å². The van der Waals surface area contributed by atoms with Gasteiger partial charge in [0.1, 0.15) is 0 Å². The molecule has 4 aromatic rings. The first kappa shape index (κ1) is 22.6. The van der Waals surface area contributed by atoms with E-state index in [2.05, 4.69) is 39.6 Å². The second kappa shape index (κ2) is 9.57. The average molecular weight is 474 g/mol. The number of carbonyl (C=O) groups excluding carboxylic acids is 1. The van der Waals surface area contributed by atoms with Crippen LogP contribution in [0.15, 0.2) is 60.7 Å². The molecule has 1 N–H and O–H groups in total. The van der Waals surface area contributed by atoms with Gasteiger partial charge in [0.15, 0.2) is 5.65 Å². The Labute approximate surface area is 204 Å². The second-order valence-electron chi connectivity index (χ2n) is 8.97. The quantitative estimate of drug-likeness (QED) is 0.438. The molecule has 3 heterocycles. The van der Waals surface area contributed by atoms with Crippen LogP contribution in [0.2, 0.25) is 5.02 Å². The van der Waals surface area contributed by atoms with E-state index in [1.165, 1.54) is 5.56 Å². The van der Waals surface area contributed by atoms with E-state index < -0.39 is 0 Å². The number of piperidine rings is 1. The maximum absolute atomic E-state index is 13.4. The Kier molecular flexibility index (Phi) is 6.35. The van der Waals surface area contributed by atoms with Gasteiger partial charge in [0, 0.05) is 31.4 Å². The molecule has 0 radical (unpaired) electrons.